The number of nitrogens with one attached hydrogen (secondary N) is 2. The molecule has 0 spiro atoms. The van der Waals surface area contributed by atoms with Gasteiger partial charge in [-0.1, -0.05) is 24.3 Å². The van der Waals surface area contributed by atoms with Crippen LogP contribution in [0.25, 0.3) is 0 Å². The molecule has 0 fully saturated rings. The number of rotatable bonds is 8. The highest BCUT2D eigenvalue weighted by atomic mass is 16.5. The summed E-state index contributed by atoms with van der Waals surface area (Å²) in [4.78, 5) is 4.65. The van der Waals surface area contributed by atoms with Gasteiger partial charge < -0.3 is 15.4 Å². The topological polar surface area (TPSA) is 63.5 Å². The Kier molecular flexibility index (Phi) is 7.13. The average Bonchev–Trinajstić information content (AvgIpc) is 3.07. The SMILES string of the molecule is CCNC(=NCc1ccccc1Cn1cccn1)NCCOC. The molecule has 23 heavy (non-hydrogen) atoms. The van der Waals surface area contributed by atoms with E-state index in [0.717, 1.165) is 25.6 Å². The van der Waals surface area contributed by atoms with Crippen molar-refractivity contribution in [3.63, 3.8) is 0 Å². The smallest absolute Gasteiger partial charge is 0.191 e. The number of hydrogen-bond donors (Lipinski definition) is 2. The van der Waals surface area contributed by atoms with Gasteiger partial charge in [-0.3, -0.25) is 4.68 Å². The van der Waals surface area contributed by atoms with E-state index in [1.807, 2.05) is 29.1 Å². The molecule has 6 heteroatoms. The highest BCUT2D eigenvalue weighted by molar-refractivity contribution is 5.79. The molecule has 0 unspecified atom stereocenters. The second kappa shape index (κ2) is 9.63. The van der Waals surface area contributed by atoms with Crippen LogP contribution in [0.4, 0.5) is 0 Å². The molecule has 2 aromatic rings. The highest BCUT2D eigenvalue weighted by Gasteiger charge is 2.03. The standard InChI is InChI=1S/C17H25N5O/c1-3-18-17(19-10-12-23-2)20-13-15-7-4-5-8-16(15)14-22-11-6-9-21-22/h4-9,11H,3,10,12-14H2,1-2H3,(H2,18,19,20). The molecule has 2 N–H and O–H groups in total. The van der Waals surface area contributed by atoms with Crippen molar-refractivity contribution in [1.82, 2.24) is 20.4 Å². The number of hydrogen-bond acceptors (Lipinski definition) is 3. The Balaban J connectivity index is 2.03. The van der Waals surface area contributed by atoms with E-state index >= 15 is 0 Å². The van der Waals surface area contributed by atoms with E-state index in [4.69, 9.17) is 4.74 Å². The fraction of sp³-hybridized carbons (Fsp3) is 0.412. The van der Waals surface area contributed by atoms with Gasteiger partial charge in [0.25, 0.3) is 0 Å². The van der Waals surface area contributed by atoms with Crippen LogP contribution in [0.3, 0.4) is 0 Å². The van der Waals surface area contributed by atoms with E-state index in [1.165, 1.54) is 11.1 Å². The Morgan fingerprint density at radius 3 is 2.74 bits per heavy atom. The molecule has 1 aromatic carbocycles. The summed E-state index contributed by atoms with van der Waals surface area (Å²) >= 11 is 0. The van der Waals surface area contributed by atoms with E-state index in [2.05, 4.69) is 39.8 Å². The average molecular weight is 315 g/mol. The molecule has 0 aliphatic carbocycles. The molecular formula is C17H25N5O. The summed E-state index contributed by atoms with van der Waals surface area (Å²) < 4.78 is 6.98. The van der Waals surface area contributed by atoms with Crippen LogP contribution in [0, 0.1) is 0 Å². The van der Waals surface area contributed by atoms with Crippen molar-refractivity contribution < 1.29 is 4.74 Å². The molecular weight excluding hydrogens is 290 g/mol. The van der Waals surface area contributed by atoms with E-state index in [9.17, 15) is 0 Å². The molecule has 0 bridgehead atoms. The van der Waals surface area contributed by atoms with Crippen molar-refractivity contribution in [2.75, 3.05) is 26.8 Å². The number of aromatic nitrogens is 2. The monoisotopic (exact) mass is 315 g/mol. The molecule has 1 aromatic heterocycles. The van der Waals surface area contributed by atoms with Crippen LogP contribution in [0.2, 0.25) is 0 Å². The summed E-state index contributed by atoms with van der Waals surface area (Å²) in [5.41, 5.74) is 2.43. The van der Waals surface area contributed by atoms with Crippen molar-refractivity contribution in [1.29, 1.82) is 0 Å². The van der Waals surface area contributed by atoms with Crippen molar-refractivity contribution in [3.05, 3.63) is 53.9 Å². The van der Waals surface area contributed by atoms with Gasteiger partial charge in [0.05, 0.1) is 19.7 Å². The minimum atomic E-state index is 0.625. The van der Waals surface area contributed by atoms with Crippen LogP contribution < -0.4 is 10.6 Å². The van der Waals surface area contributed by atoms with E-state index in [1.54, 1.807) is 13.3 Å². The normalized spacial score (nSPS) is 11.5. The third-order valence-electron chi connectivity index (χ3n) is 3.36. The maximum atomic E-state index is 5.06. The molecule has 0 aliphatic heterocycles. The first-order valence-corrected chi connectivity index (χ1v) is 7.88. The molecule has 6 nitrogen and oxygen atoms in total. The van der Waals surface area contributed by atoms with Crippen LogP contribution >= 0.6 is 0 Å². The molecule has 1 heterocycles. The number of aliphatic imine (C=N–C) groups is 1. The molecule has 0 saturated carbocycles. The Hall–Kier alpha value is -2.34. The summed E-state index contributed by atoms with van der Waals surface area (Å²) in [6, 6.07) is 10.3. The van der Waals surface area contributed by atoms with Gasteiger partial charge in [-0.2, -0.15) is 5.10 Å². The minimum Gasteiger partial charge on any atom is -0.383 e. The van der Waals surface area contributed by atoms with Crippen LogP contribution in [0.5, 0.6) is 0 Å². The van der Waals surface area contributed by atoms with Crippen molar-refractivity contribution in [2.24, 2.45) is 4.99 Å². The first-order valence-electron chi connectivity index (χ1n) is 7.88. The van der Waals surface area contributed by atoms with Crippen molar-refractivity contribution >= 4 is 5.96 Å². The quantitative estimate of drug-likeness (QED) is 0.441. The second-order valence-electron chi connectivity index (χ2n) is 5.09. The number of nitrogens with zero attached hydrogens (tertiary/aromatic N) is 3. The Morgan fingerprint density at radius 1 is 1.22 bits per heavy atom. The predicted octanol–water partition coefficient (Wildman–Crippen LogP) is 1.63. The molecule has 0 amide bonds. The Morgan fingerprint density at radius 2 is 2.04 bits per heavy atom. The fourth-order valence-electron chi connectivity index (χ4n) is 2.21. The number of benzene rings is 1. The number of methoxy groups -OCH3 is 1. The lowest BCUT2D eigenvalue weighted by atomic mass is 10.1. The third-order valence-corrected chi connectivity index (χ3v) is 3.36. The zero-order valence-electron chi connectivity index (χ0n) is 13.8. The van der Waals surface area contributed by atoms with Crippen LogP contribution in [-0.4, -0.2) is 42.5 Å². The molecule has 2 rings (SSSR count). The van der Waals surface area contributed by atoms with Gasteiger partial charge in [0.1, 0.15) is 0 Å². The maximum absolute atomic E-state index is 5.06. The van der Waals surface area contributed by atoms with Gasteiger partial charge >= 0.3 is 0 Å². The van der Waals surface area contributed by atoms with Crippen molar-refractivity contribution in [3.8, 4) is 0 Å². The first kappa shape index (κ1) is 17.0. The molecule has 0 radical (unpaired) electrons. The first-order chi connectivity index (χ1) is 11.3. The van der Waals surface area contributed by atoms with Gasteiger partial charge in [0, 0.05) is 32.6 Å². The summed E-state index contributed by atoms with van der Waals surface area (Å²) in [6.45, 7) is 5.65. The number of ether oxygens (including phenoxy) is 1. The largest absolute Gasteiger partial charge is 0.383 e. The molecule has 0 aliphatic rings. The maximum Gasteiger partial charge on any atom is 0.191 e. The summed E-state index contributed by atoms with van der Waals surface area (Å²) in [5, 5.41) is 10.8. The summed E-state index contributed by atoms with van der Waals surface area (Å²) in [7, 11) is 1.69. The van der Waals surface area contributed by atoms with Gasteiger partial charge in [-0.05, 0) is 24.1 Å². The van der Waals surface area contributed by atoms with Crippen LogP contribution in [-0.2, 0) is 17.8 Å². The Labute approximate surface area is 137 Å². The molecule has 0 saturated heterocycles. The zero-order chi connectivity index (χ0) is 16.3. The summed E-state index contributed by atoms with van der Waals surface area (Å²) in [5.74, 6) is 0.804. The lowest BCUT2D eigenvalue weighted by Crippen LogP contribution is -2.38. The van der Waals surface area contributed by atoms with E-state index in [-0.39, 0.29) is 0 Å². The van der Waals surface area contributed by atoms with E-state index in [0.29, 0.717) is 13.2 Å². The minimum absolute atomic E-state index is 0.625. The fourth-order valence-corrected chi connectivity index (χ4v) is 2.21. The lowest BCUT2D eigenvalue weighted by Gasteiger charge is -2.12. The van der Waals surface area contributed by atoms with Crippen molar-refractivity contribution in [2.45, 2.75) is 20.0 Å². The van der Waals surface area contributed by atoms with Gasteiger partial charge in [-0.15, -0.1) is 0 Å². The Bertz CT molecular complexity index is 595. The van der Waals surface area contributed by atoms with Gasteiger partial charge in [0.2, 0.25) is 0 Å². The van der Waals surface area contributed by atoms with Crippen LogP contribution in [0.1, 0.15) is 18.1 Å². The third kappa shape index (κ3) is 5.75. The highest BCUT2D eigenvalue weighted by Crippen LogP contribution is 2.11. The second-order valence-corrected chi connectivity index (χ2v) is 5.09. The molecule has 0 atom stereocenters. The predicted molar refractivity (Wildman–Crippen MR) is 92.5 cm³/mol. The van der Waals surface area contributed by atoms with Gasteiger partial charge in [-0.25, -0.2) is 4.99 Å². The number of guanidine groups is 1. The van der Waals surface area contributed by atoms with Gasteiger partial charge in [0.15, 0.2) is 5.96 Å². The zero-order valence-corrected chi connectivity index (χ0v) is 13.8. The summed E-state index contributed by atoms with van der Waals surface area (Å²) in [6.07, 6.45) is 3.76. The molecule has 124 valence electrons. The van der Waals surface area contributed by atoms with Crippen LogP contribution in [0.15, 0.2) is 47.7 Å². The lowest BCUT2D eigenvalue weighted by molar-refractivity contribution is 0.203. The van der Waals surface area contributed by atoms with E-state index < -0.39 is 0 Å².